The Bertz CT molecular complexity index is 594. The Hall–Kier alpha value is -1.06. The average Bonchev–Trinajstić information content (AvgIpc) is 2.99. The number of carbonyl (C=O) groups excluding carboxylic acids is 2. The Kier molecular flexibility index (Phi) is 30.6. The molecule has 0 aromatic heterocycles. The van der Waals surface area contributed by atoms with Gasteiger partial charge in [-0.25, -0.2) is 0 Å². The van der Waals surface area contributed by atoms with Gasteiger partial charge in [-0.3, -0.25) is 9.59 Å². The van der Waals surface area contributed by atoms with Crippen LogP contribution in [0, 0.1) is 5.92 Å². The Balaban J connectivity index is 4.30. The van der Waals surface area contributed by atoms with Gasteiger partial charge in [0.05, 0.1) is 0 Å². The van der Waals surface area contributed by atoms with Gasteiger partial charge in [0, 0.05) is 39.5 Å². The smallest absolute Gasteiger partial charge is 0.225 e. The van der Waals surface area contributed by atoms with Crippen molar-refractivity contribution in [2.75, 3.05) is 27.2 Å². The molecule has 4 heteroatoms. The quantitative estimate of drug-likeness (QED) is 0.0729. The lowest BCUT2D eigenvalue weighted by molar-refractivity contribution is -0.140. The lowest BCUT2D eigenvalue weighted by Gasteiger charge is -2.26. The molecular weight excluding hydrogens is 516 g/mol. The van der Waals surface area contributed by atoms with E-state index in [1.54, 1.807) is 0 Å². The highest BCUT2D eigenvalue weighted by Crippen LogP contribution is 2.20. The molecule has 2 amide bonds. The largest absolute Gasteiger partial charge is 0.346 e. The number of carbonyl (C=O) groups is 2. The Labute approximate surface area is 264 Å². The van der Waals surface area contributed by atoms with E-state index in [9.17, 15) is 9.59 Å². The van der Waals surface area contributed by atoms with Gasteiger partial charge in [0.1, 0.15) is 0 Å². The molecule has 1 unspecified atom stereocenters. The van der Waals surface area contributed by atoms with Gasteiger partial charge in [-0.1, -0.05) is 175 Å². The van der Waals surface area contributed by atoms with Crippen LogP contribution >= 0.6 is 0 Å². The van der Waals surface area contributed by atoms with Gasteiger partial charge in [-0.05, 0) is 19.3 Å². The molecule has 4 nitrogen and oxygen atoms in total. The first-order chi connectivity index (χ1) is 20.5. The Morgan fingerprint density at radius 3 is 1.12 bits per heavy atom. The summed E-state index contributed by atoms with van der Waals surface area (Å²) in [5.41, 5.74) is 0. The van der Waals surface area contributed by atoms with Crippen LogP contribution in [0.5, 0.6) is 0 Å². The topological polar surface area (TPSA) is 40.6 Å². The second-order valence-electron chi connectivity index (χ2n) is 13.4. The van der Waals surface area contributed by atoms with Crippen LogP contribution in [0.1, 0.15) is 201 Å². The summed E-state index contributed by atoms with van der Waals surface area (Å²) in [5.74, 6) is 0.181. The van der Waals surface area contributed by atoms with Crippen LogP contribution in [0.4, 0.5) is 0 Å². The van der Waals surface area contributed by atoms with Crippen molar-refractivity contribution in [3.05, 3.63) is 0 Å². The van der Waals surface area contributed by atoms with Crippen LogP contribution in [-0.2, 0) is 9.59 Å². The number of hydrogen-bond donors (Lipinski definition) is 0. The van der Waals surface area contributed by atoms with Crippen LogP contribution in [0.2, 0.25) is 0 Å². The molecule has 0 radical (unpaired) electrons. The highest BCUT2D eigenvalue weighted by Gasteiger charge is 2.25. The molecule has 250 valence electrons. The summed E-state index contributed by atoms with van der Waals surface area (Å²) in [4.78, 5) is 30.3. The van der Waals surface area contributed by atoms with Crippen molar-refractivity contribution in [3.8, 4) is 0 Å². The molecule has 0 saturated heterocycles. The molecule has 42 heavy (non-hydrogen) atoms. The minimum atomic E-state index is -0.160. The number of nitrogens with zero attached hydrogens (tertiary/aromatic N) is 2. The molecule has 0 rings (SSSR count). The molecule has 0 bridgehead atoms. The van der Waals surface area contributed by atoms with Crippen LogP contribution in [0.25, 0.3) is 0 Å². The fraction of sp³-hybridized carbons (Fsp3) is 0.947. The van der Waals surface area contributed by atoms with Gasteiger partial charge in [-0.2, -0.15) is 0 Å². The molecule has 0 aromatic rings. The Morgan fingerprint density at radius 1 is 0.429 bits per heavy atom. The van der Waals surface area contributed by atoms with Gasteiger partial charge in [0.25, 0.3) is 0 Å². The number of amides is 2. The first kappa shape index (κ1) is 40.9. The van der Waals surface area contributed by atoms with E-state index in [0.717, 1.165) is 38.8 Å². The average molecular weight is 593 g/mol. The summed E-state index contributed by atoms with van der Waals surface area (Å²) in [6.07, 6.45) is 35.0. The molecule has 0 aromatic carbocycles. The minimum Gasteiger partial charge on any atom is -0.346 e. The Morgan fingerprint density at radius 2 is 0.738 bits per heavy atom. The van der Waals surface area contributed by atoms with Crippen LogP contribution in [0.15, 0.2) is 0 Å². The molecule has 0 fully saturated rings. The summed E-state index contributed by atoms with van der Waals surface area (Å²) >= 11 is 0. The van der Waals surface area contributed by atoms with Crippen molar-refractivity contribution in [1.82, 2.24) is 9.80 Å². The monoisotopic (exact) mass is 593 g/mol. The first-order valence-corrected chi connectivity index (χ1v) is 19.0. The summed E-state index contributed by atoms with van der Waals surface area (Å²) in [7, 11) is 3.88. The third-order valence-corrected chi connectivity index (χ3v) is 9.17. The normalized spacial score (nSPS) is 12.0. The van der Waals surface area contributed by atoms with Crippen LogP contribution < -0.4 is 0 Å². The van der Waals surface area contributed by atoms with Gasteiger partial charge in [-0.15, -0.1) is 0 Å². The molecule has 0 saturated carbocycles. The summed E-state index contributed by atoms with van der Waals surface area (Å²) in [6, 6.07) is 0. The zero-order valence-electron chi connectivity index (χ0n) is 29.5. The van der Waals surface area contributed by atoms with Crippen LogP contribution in [0.3, 0.4) is 0 Å². The molecule has 0 aliphatic heterocycles. The maximum atomic E-state index is 13.4. The molecule has 0 N–H and O–H groups in total. The fourth-order valence-electron chi connectivity index (χ4n) is 6.07. The molecule has 0 aliphatic rings. The fourth-order valence-corrected chi connectivity index (χ4v) is 6.07. The van der Waals surface area contributed by atoms with Crippen molar-refractivity contribution in [2.45, 2.75) is 201 Å². The molecule has 0 aliphatic carbocycles. The van der Waals surface area contributed by atoms with Crippen molar-refractivity contribution < 1.29 is 9.59 Å². The van der Waals surface area contributed by atoms with Gasteiger partial charge in [0.2, 0.25) is 11.8 Å². The molecule has 1 atom stereocenters. The van der Waals surface area contributed by atoms with Gasteiger partial charge < -0.3 is 9.80 Å². The lowest BCUT2D eigenvalue weighted by Crippen LogP contribution is -2.37. The first-order valence-electron chi connectivity index (χ1n) is 19.0. The molecule has 0 spiro atoms. The van der Waals surface area contributed by atoms with Gasteiger partial charge >= 0.3 is 0 Å². The zero-order valence-corrected chi connectivity index (χ0v) is 29.5. The van der Waals surface area contributed by atoms with E-state index < -0.39 is 0 Å². The van der Waals surface area contributed by atoms with Crippen molar-refractivity contribution >= 4 is 11.8 Å². The highest BCUT2D eigenvalue weighted by molar-refractivity contribution is 5.85. The highest BCUT2D eigenvalue weighted by atomic mass is 16.2. The van der Waals surface area contributed by atoms with Crippen molar-refractivity contribution in [1.29, 1.82) is 0 Å². The van der Waals surface area contributed by atoms with Crippen LogP contribution in [-0.4, -0.2) is 48.8 Å². The van der Waals surface area contributed by atoms with E-state index >= 15 is 0 Å². The van der Waals surface area contributed by atoms with E-state index in [4.69, 9.17) is 0 Å². The maximum Gasteiger partial charge on any atom is 0.225 e. The summed E-state index contributed by atoms with van der Waals surface area (Å²) in [6.45, 7) is 8.39. The van der Waals surface area contributed by atoms with E-state index in [-0.39, 0.29) is 17.7 Å². The predicted molar refractivity (Wildman–Crippen MR) is 185 cm³/mol. The second kappa shape index (κ2) is 31.4. The minimum absolute atomic E-state index is 0.150. The van der Waals surface area contributed by atoms with E-state index in [2.05, 4.69) is 20.8 Å². The third kappa shape index (κ3) is 25.4. The zero-order chi connectivity index (χ0) is 31.1. The predicted octanol–water partition coefficient (Wildman–Crippen LogP) is 11.5. The summed E-state index contributed by atoms with van der Waals surface area (Å²) < 4.78 is 0. The number of rotatable bonds is 32. The van der Waals surface area contributed by atoms with E-state index in [1.165, 1.54) is 148 Å². The summed E-state index contributed by atoms with van der Waals surface area (Å²) in [5, 5.41) is 0. The molecular formula is C38H76N2O2. The lowest BCUT2D eigenvalue weighted by atomic mass is 9.94. The molecule has 0 heterocycles. The second-order valence-corrected chi connectivity index (χ2v) is 13.4. The SMILES string of the molecule is CCCCCCCCCCCCCCCCCCC(CC(=O)N(C)CCCCCCC)C(=O)N(C)CCCCCCC. The van der Waals surface area contributed by atoms with Crippen molar-refractivity contribution in [2.24, 2.45) is 5.92 Å². The van der Waals surface area contributed by atoms with E-state index in [1.807, 2.05) is 23.9 Å². The standard InChI is InChI=1S/C38H76N2O2/c1-6-9-12-15-16-17-18-19-20-21-22-23-24-25-26-29-32-36(38(42)40(5)34-31-28-14-11-8-3)35-37(41)39(4)33-30-27-13-10-7-2/h36H,6-35H2,1-5H3. The van der Waals surface area contributed by atoms with Gasteiger partial charge in [0.15, 0.2) is 0 Å². The number of hydrogen-bond acceptors (Lipinski definition) is 2. The van der Waals surface area contributed by atoms with Crippen molar-refractivity contribution in [3.63, 3.8) is 0 Å². The van der Waals surface area contributed by atoms with E-state index in [0.29, 0.717) is 6.42 Å². The number of unbranched alkanes of at least 4 members (excludes halogenated alkanes) is 23. The maximum absolute atomic E-state index is 13.4. The third-order valence-electron chi connectivity index (χ3n) is 9.17.